The number of unbranched alkanes of at least 4 members (excludes halogenated alkanes) is 1. The second kappa shape index (κ2) is 13.9. The van der Waals surface area contributed by atoms with Crippen molar-refractivity contribution in [1.29, 1.82) is 0 Å². The summed E-state index contributed by atoms with van der Waals surface area (Å²) in [5.74, 6) is 1.18. The maximum absolute atomic E-state index is 11.9. The van der Waals surface area contributed by atoms with Gasteiger partial charge in [0.1, 0.15) is 5.60 Å². The highest BCUT2D eigenvalue weighted by molar-refractivity contribution is 5.87. The van der Waals surface area contributed by atoms with Crippen molar-refractivity contribution >= 4 is 35.1 Å². The van der Waals surface area contributed by atoms with Gasteiger partial charge in [0.25, 0.3) is 0 Å². The minimum atomic E-state index is -0.554. The molecule has 7 heteroatoms. The van der Waals surface area contributed by atoms with E-state index >= 15 is 0 Å². The number of carbonyl (C=O) groups excluding carboxylic acids is 1. The third kappa shape index (κ3) is 9.57. The lowest BCUT2D eigenvalue weighted by Gasteiger charge is -2.19. The highest BCUT2D eigenvalue weighted by Gasteiger charge is 2.16. The van der Waals surface area contributed by atoms with Crippen molar-refractivity contribution in [3.05, 3.63) is 48.5 Å². The largest absolute Gasteiger partial charge is 0.493 e. The molecule has 1 amide bonds. The summed E-state index contributed by atoms with van der Waals surface area (Å²) in [7, 11) is 3.16. The first-order chi connectivity index (χ1) is 16.1. The van der Waals surface area contributed by atoms with Gasteiger partial charge in [0.2, 0.25) is 0 Å². The van der Waals surface area contributed by atoms with Crippen LogP contribution in [0.3, 0.4) is 0 Å². The lowest BCUT2D eigenvalue weighted by molar-refractivity contribution is 0.0636. The molecule has 0 aromatic heterocycles. The minimum absolute atomic E-state index is 0.500. The molecule has 7 nitrogen and oxygen atoms in total. The first-order valence-corrected chi connectivity index (χ1v) is 11.4. The Hall–Kier alpha value is -3.48. The Morgan fingerprint density at radius 3 is 1.91 bits per heavy atom. The molecule has 2 aromatic carbocycles. The quantitative estimate of drug-likeness (QED) is 0.388. The fourth-order valence-electron chi connectivity index (χ4n) is 2.66. The van der Waals surface area contributed by atoms with E-state index in [1.165, 1.54) is 12.8 Å². The molecule has 0 saturated heterocycles. The Morgan fingerprint density at radius 1 is 0.971 bits per heavy atom. The van der Waals surface area contributed by atoms with E-state index in [-0.39, 0.29) is 0 Å². The van der Waals surface area contributed by atoms with Crippen molar-refractivity contribution in [1.82, 2.24) is 0 Å². The summed E-state index contributed by atoms with van der Waals surface area (Å²) in [6.45, 7) is 15.8. The van der Waals surface area contributed by atoms with Crippen LogP contribution in [0.2, 0.25) is 0 Å². The number of hydrogen-bond acceptors (Lipinski definition) is 6. The molecule has 2 aromatic rings. The lowest BCUT2D eigenvalue weighted by atomic mass is 10.1. The fraction of sp³-hybridized carbons (Fsp3) is 0.407. The minimum Gasteiger partial charge on any atom is -0.493 e. The van der Waals surface area contributed by atoms with Gasteiger partial charge in [0.05, 0.1) is 19.9 Å². The summed E-state index contributed by atoms with van der Waals surface area (Å²) in [6.07, 6.45) is 3.84. The van der Waals surface area contributed by atoms with Crippen LogP contribution in [0.5, 0.6) is 11.5 Å². The molecule has 0 radical (unpaired) electrons. The predicted molar refractivity (Wildman–Crippen MR) is 143 cm³/mol. The van der Waals surface area contributed by atoms with Gasteiger partial charge in [-0.15, -0.1) is 0 Å². The van der Waals surface area contributed by atoms with Crippen molar-refractivity contribution in [2.75, 3.05) is 24.9 Å². The summed E-state index contributed by atoms with van der Waals surface area (Å²) in [5.41, 5.74) is 3.00. The number of amides is 1. The number of carbonyl (C=O) groups is 1. The monoisotopic (exact) mass is 469 g/mol. The van der Waals surface area contributed by atoms with Crippen LogP contribution in [-0.4, -0.2) is 32.1 Å². The lowest BCUT2D eigenvalue weighted by Crippen LogP contribution is -2.27. The molecule has 0 spiro atoms. The SMILES string of the molecule is C=C(Nc1ccc(NC(=O)OC(C)(C)C)cc1)c1cc(OC)c(OC)cc1N=CC.CCCC. The molecular formula is C27H39N3O4. The number of hydrogen-bond donors (Lipinski definition) is 2. The van der Waals surface area contributed by atoms with Gasteiger partial charge in [0.15, 0.2) is 11.5 Å². The molecule has 0 atom stereocenters. The zero-order chi connectivity index (χ0) is 25.7. The second-order valence-corrected chi connectivity index (χ2v) is 8.42. The van der Waals surface area contributed by atoms with Crippen LogP contribution < -0.4 is 20.1 Å². The topological polar surface area (TPSA) is 81.2 Å². The first-order valence-electron chi connectivity index (χ1n) is 11.4. The third-order valence-corrected chi connectivity index (χ3v) is 4.42. The smallest absolute Gasteiger partial charge is 0.412 e. The normalized spacial score (nSPS) is 10.7. The van der Waals surface area contributed by atoms with Crippen molar-refractivity contribution in [3.63, 3.8) is 0 Å². The summed E-state index contributed by atoms with van der Waals surface area (Å²) in [4.78, 5) is 16.3. The van der Waals surface area contributed by atoms with Crippen LogP contribution >= 0.6 is 0 Å². The molecule has 34 heavy (non-hydrogen) atoms. The first kappa shape index (κ1) is 28.6. The van der Waals surface area contributed by atoms with Crippen LogP contribution in [-0.2, 0) is 4.74 Å². The number of nitrogens with zero attached hydrogens (tertiary/aromatic N) is 1. The Balaban J connectivity index is 0.00000133. The molecule has 0 fully saturated rings. The number of aliphatic imine (C=N–C) groups is 1. The van der Waals surface area contributed by atoms with E-state index in [2.05, 4.69) is 36.1 Å². The van der Waals surface area contributed by atoms with Gasteiger partial charge >= 0.3 is 6.09 Å². The number of ether oxygens (including phenoxy) is 3. The summed E-state index contributed by atoms with van der Waals surface area (Å²) < 4.78 is 16.0. The molecule has 0 aliphatic rings. The molecule has 2 rings (SSSR count). The summed E-state index contributed by atoms with van der Waals surface area (Å²) >= 11 is 0. The molecule has 2 N–H and O–H groups in total. The number of benzene rings is 2. The van der Waals surface area contributed by atoms with Gasteiger partial charge in [0, 0.05) is 34.9 Å². The predicted octanol–water partition coefficient (Wildman–Crippen LogP) is 7.66. The Bertz CT molecular complexity index is 959. The molecule has 0 aliphatic carbocycles. The zero-order valence-electron chi connectivity index (χ0n) is 21.7. The van der Waals surface area contributed by atoms with Crippen molar-refractivity contribution in [2.24, 2.45) is 4.99 Å². The number of nitrogens with one attached hydrogen (secondary N) is 2. The van der Waals surface area contributed by atoms with Crippen LogP contribution in [0.15, 0.2) is 48.0 Å². The molecule has 0 heterocycles. The Morgan fingerprint density at radius 2 is 1.47 bits per heavy atom. The van der Waals surface area contributed by atoms with E-state index in [9.17, 15) is 4.79 Å². The summed E-state index contributed by atoms with van der Waals surface area (Å²) in [5, 5.41) is 5.96. The zero-order valence-corrected chi connectivity index (χ0v) is 21.7. The number of anilines is 2. The third-order valence-electron chi connectivity index (χ3n) is 4.42. The van der Waals surface area contributed by atoms with E-state index in [1.54, 1.807) is 38.6 Å². The van der Waals surface area contributed by atoms with Crippen molar-refractivity contribution in [2.45, 2.75) is 60.0 Å². The molecular weight excluding hydrogens is 430 g/mol. The molecule has 0 saturated carbocycles. The van der Waals surface area contributed by atoms with Gasteiger partial charge < -0.3 is 19.5 Å². The van der Waals surface area contributed by atoms with Crippen molar-refractivity contribution in [3.8, 4) is 11.5 Å². The van der Waals surface area contributed by atoms with Gasteiger partial charge in [-0.05, 0) is 58.0 Å². The van der Waals surface area contributed by atoms with Crippen LogP contribution in [0.4, 0.5) is 21.9 Å². The summed E-state index contributed by atoms with van der Waals surface area (Å²) in [6, 6.07) is 10.9. The van der Waals surface area contributed by atoms with Crippen LogP contribution in [0.1, 0.15) is 59.9 Å². The number of methoxy groups -OCH3 is 2. The molecule has 0 aliphatic heterocycles. The van der Waals surface area contributed by atoms with Gasteiger partial charge in [-0.2, -0.15) is 0 Å². The average molecular weight is 470 g/mol. The molecule has 0 unspecified atom stereocenters. The van der Waals surface area contributed by atoms with E-state index in [0.717, 1.165) is 11.3 Å². The highest BCUT2D eigenvalue weighted by atomic mass is 16.6. The van der Waals surface area contributed by atoms with E-state index in [4.69, 9.17) is 14.2 Å². The maximum Gasteiger partial charge on any atom is 0.412 e. The van der Waals surface area contributed by atoms with Crippen molar-refractivity contribution < 1.29 is 19.0 Å². The fourth-order valence-corrected chi connectivity index (χ4v) is 2.66. The second-order valence-electron chi connectivity index (χ2n) is 8.42. The molecule has 0 bridgehead atoms. The van der Waals surface area contributed by atoms with Gasteiger partial charge in [-0.1, -0.05) is 33.3 Å². The Labute approximate surface area is 204 Å². The standard InChI is InChI=1S/C23H29N3O4.C4H10/c1-8-24-19-14-21(29-7)20(28-6)13-18(19)15(2)25-16-9-11-17(12-10-16)26-22(27)30-23(3,4)5;1-3-4-2/h8-14,25H,2H2,1,3-7H3,(H,26,27);3-4H2,1-2H3. The Kier molecular flexibility index (Phi) is 11.7. The van der Waals surface area contributed by atoms with E-state index in [1.807, 2.05) is 45.9 Å². The average Bonchev–Trinajstić information content (AvgIpc) is 2.79. The van der Waals surface area contributed by atoms with Crippen LogP contribution in [0.25, 0.3) is 5.70 Å². The highest BCUT2D eigenvalue weighted by Crippen LogP contribution is 2.38. The van der Waals surface area contributed by atoms with E-state index < -0.39 is 11.7 Å². The maximum atomic E-state index is 11.9. The molecule has 186 valence electrons. The van der Waals surface area contributed by atoms with Gasteiger partial charge in [-0.25, -0.2) is 4.79 Å². The van der Waals surface area contributed by atoms with E-state index in [0.29, 0.717) is 28.6 Å². The van der Waals surface area contributed by atoms with Crippen LogP contribution in [0, 0.1) is 0 Å². The number of rotatable bonds is 8. The van der Waals surface area contributed by atoms with Gasteiger partial charge in [-0.3, -0.25) is 10.3 Å².